The van der Waals surface area contributed by atoms with Crippen molar-refractivity contribution in [1.82, 2.24) is 14.8 Å². The van der Waals surface area contributed by atoms with E-state index >= 15 is 0 Å². The molecule has 8 nitrogen and oxygen atoms in total. The van der Waals surface area contributed by atoms with Crippen LogP contribution in [0.4, 0.5) is 0 Å². The monoisotopic (exact) mass is 406 g/mol. The van der Waals surface area contributed by atoms with Crippen molar-refractivity contribution in [2.45, 2.75) is 19.4 Å². The lowest BCUT2D eigenvalue weighted by Crippen LogP contribution is -2.12. The summed E-state index contributed by atoms with van der Waals surface area (Å²) in [6.07, 6.45) is 7.05. The Hall–Kier alpha value is -3.81. The van der Waals surface area contributed by atoms with Gasteiger partial charge in [-0.2, -0.15) is 0 Å². The molecule has 3 rings (SSSR count). The van der Waals surface area contributed by atoms with Gasteiger partial charge in [0.05, 0.1) is 32.0 Å². The number of rotatable bonds is 7. The first kappa shape index (κ1) is 20.9. The van der Waals surface area contributed by atoms with Crippen LogP contribution in [-0.4, -0.2) is 47.0 Å². The van der Waals surface area contributed by atoms with Crippen LogP contribution in [0.2, 0.25) is 0 Å². The zero-order chi connectivity index (χ0) is 21.7. The normalized spacial score (nSPS) is 15.6. The molecule has 0 radical (unpaired) electrons. The average Bonchev–Trinajstić information content (AvgIpc) is 3.09. The van der Waals surface area contributed by atoms with Gasteiger partial charge in [-0.3, -0.25) is 19.1 Å². The number of aryl methyl sites for hydroxylation is 1. The van der Waals surface area contributed by atoms with Crippen molar-refractivity contribution in [3.63, 3.8) is 0 Å². The van der Waals surface area contributed by atoms with Crippen LogP contribution in [0.5, 0.6) is 5.75 Å². The van der Waals surface area contributed by atoms with E-state index in [1.54, 1.807) is 25.3 Å². The lowest BCUT2D eigenvalue weighted by atomic mass is 9.99. The predicted octanol–water partition coefficient (Wildman–Crippen LogP) is 2.86. The highest BCUT2D eigenvalue weighted by Gasteiger charge is 2.30. The minimum Gasteiger partial charge on any atom is -0.497 e. The highest BCUT2D eigenvalue weighted by atomic mass is 16.5. The third kappa shape index (κ3) is 3.98. The van der Waals surface area contributed by atoms with Gasteiger partial charge in [0.15, 0.2) is 5.82 Å². The summed E-state index contributed by atoms with van der Waals surface area (Å²) in [6.45, 7) is 5.72. The molecule has 0 bridgehead atoms. The Labute approximate surface area is 174 Å². The average molecular weight is 406 g/mol. The summed E-state index contributed by atoms with van der Waals surface area (Å²) in [4.78, 5) is 27.6. The van der Waals surface area contributed by atoms with Gasteiger partial charge in [-0.15, -0.1) is 10.2 Å². The third-order valence-corrected chi connectivity index (χ3v) is 4.68. The summed E-state index contributed by atoms with van der Waals surface area (Å²) >= 11 is 0. The molecule has 1 unspecified atom stereocenters. The van der Waals surface area contributed by atoms with Gasteiger partial charge in [0, 0.05) is 5.56 Å². The SMILES string of the molecule is C=C/C(=C\C=CC=O)C1=NC(CC(=O)OC)c2nnc(C)n2-c2ccc(OC)cc21. The number of fused-ring (bicyclic) bond motifs is 3. The summed E-state index contributed by atoms with van der Waals surface area (Å²) in [7, 11) is 2.92. The molecule has 2 aromatic rings. The lowest BCUT2D eigenvalue weighted by molar-refractivity contribution is -0.141. The number of aldehydes is 1. The van der Waals surface area contributed by atoms with Gasteiger partial charge in [-0.1, -0.05) is 24.8 Å². The van der Waals surface area contributed by atoms with Crippen LogP contribution < -0.4 is 4.74 Å². The summed E-state index contributed by atoms with van der Waals surface area (Å²) in [6, 6.07) is 4.97. The molecule has 1 aromatic carbocycles. The van der Waals surface area contributed by atoms with Gasteiger partial charge in [-0.05, 0) is 36.8 Å². The molecule has 154 valence electrons. The zero-order valence-electron chi connectivity index (χ0n) is 17.0. The third-order valence-electron chi connectivity index (χ3n) is 4.68. The van der Waals surface area contributed by atoms with Gasteiger partial charge in [-0.25, -0.2) is 0 Å². The molecular formula is C22H22N4O4. The summed E-state index contributed by atoms with van der Waals surface area (Å²) < 4.78 is 12.2. The van der Waals surface area contributed by atoms with E-state index in [9.17, 15) is 9.59 Å². The highest BCUT2D eigenvalue weighted by molar-refractivity contribution is 6.17. The van der Waals surface area contributed by atoms with Crippen molar-refractivity contribution in [3.8, 4) is 11.4 Å². The van der Waals surface area contributed by atoms with Crippen molar-refractivity contribution in [2.24, 2.45) is 4.99 Å². The number of allylic oxidation sites excluding steroid dienone is 5. The van der Waals surface area contributed by atoms with Crippen molar-refractivity contribution in [2.75, 3.05) is 14.2 Å². The molecule has 0 spiro atoms. The van der Waals surface area contributed by atoms with E-state index in [1.165, 1.54) is 13.2 Å². The second-order valence-electron chi connectivity index (χ2n) is 6.44. The van der Waals surface area contributed by atoms with Crippen molar-refractivity contribution < 1.29 is 19.1 Å². The molecule has 1 aliphatic heterocycles. The number of methoxy groups -OCH3 is 2. The van der Waals surface area contributed by atoms with Crippen molar-refractivity contribution >= 4 is 18.0 Å². The fourth-order valence-electron chi connectivity index (χ4n) is 3.26. The second-order valence-corrected chi connectivity index (χ2v) is 6.44. The Morgan fingerprint density at radius 1 is 1.27 bits per heavy atom. The molecule has 0 N–H and O–H groups in total. The van der Waals surface area contributed by atoms with Gasteiger partial charge in [0.2, 0.25) is 0 Å². The molecule has 1 atom stereocenters. The van der Waals surface area contributed by atoms with E-state index in [0.29, 0.717) is 35.0 Å². The maximum atomic E-state index is 12.1. The molecule has 8 heteroatoms. The standard InChI is InChI=1S/C22H22N4O4/c1-5-15(8-6-7-11-27)21-17-12-16(29-3)9-10-19(17)26-14(2)24-25-22(26)18(23-21)13-20(28)30-4/h5-12,18H,1,13H2,2-4H3/b7-6?,15-8+. The molecule has 1 aliphatic rings. The van der Waals surface area contributed by atoms with Gasteiger partial charge < -0.3 is 9.47 Å². The fraction of sp³-hybridized carbons (Fsp3) is 0.227. The summed E-state index contributed by atoms with van der Waals surface area (Å²) in [5.41, 5.74) is 2.82. The minimum atomic E-state index is -0.620. The van der Waals surface area contributed by atoms with E-state index in [2.05, 4.69) is 16.8 Å². The van der Waals surface area contributed by atoms with Crippen molar-refractivity contribution in [3.05, 3.63) is 71.9 Å². The van der Waals surface area contributed by atoms with Gasteiger partial charge in [0.1, 0.15) is 23.9 Å². The number of hydrogen-bond donors (Lipinski definition) is 0. The van der Waals surface area contributed by atoms with Crippen molar-refractivity contribution in [1.29, 1.82) is 0 Å². The number of aliphatic imine (C=N–C) groups is 1. The Kier molecular flexibility index (Phi) is 6.36. The first-order valence-electron chi connectivity index (χ1n) is 9.24. The quantitative estimate of drug-likeness (QED) is 0.304. The molecule has 0 saturated carbocycles. The Balaban J connectivity index is 2.31. The van der Waals surface area contributed by atoms with Gasteiger partial charge in [0.25, 0.3) is 0 Å². The molecule has 1 aromatic heterocycles. The molecular weight excluding hydrogens is 384 g/mol. The molecule has 0 amide bonds. The second kappa shape index (κ2) is 9.13. The molecule has 0 fully saturated rings. The number of nitrogens with zero attached hydrogens (tertiary/aromatic N) is 4. The summed E-state index contributed by atoms with van der Waals surface area (Å²) in [5, 5.41) is 8.47. The minimum absolute atomic E-state index is 0.00213. The number of aromatic nitrogens is 3. The van der Waals surface area contributed by atoms with E-state index in [1.807, 2.05) is 29.7 Å². The van der Waals surface area contributed by atoms with Crippen LogP contribution in [0.25, 0.3) is 5.69 Å². The summed E-state index contributed by atoms with van der Waals surface area (Å²) in [5.74, 6) is 1.43. The largest absolute Gasteiger partial charge is 0.497 e. The van der Waals surface area contributed by atoms with Crippen LogP contribution in [0.1, 0.15) is 29.7 Å². The molecule has 0 aliphatic carbocycles. The topological polar surface area (TPSA) is 95.7 Å². The number of hydrogen-bond acceptors (Lipinski definition) is 7. The lowest BCUT2D eigenvalue weighted by Gasteiger charge is -2.14. The zero-order valence-corrected chi connectivity index (χ0v) is 17.0. The maximum absolute atomic E-state index is 12.1. The van der Waals surface area contributed by atoms with E-state index < -0.39 is 12.0 Å². The van der Waals surface area contributed by atoms with Crippen LogP contribution in [0, 0.1) is 6.92 Å². The smallest absolute Gasteiger partial charge is 0.308 e. The first-order chi connectivity index (χ1) is 14.5. The van der Waals surface area contributed by atoms with Crippen LogP contribution >= 0.6 is 0 Å². The molecule has 2 heterocycles. The number of benzene rings is 1. The maximum Gasteiger partial charge on any atom is 0.308 e. The predicted molar refractivity (Wildman–Crippen MR) is 112 cm³/mol. The molecule has 0 saturated heterocycles. The van der Waals surface area contributed by atoms with Gasteiger partial charge >= 0.3 is 5.97 Å². The Morgan fingerprint density at radius 2 is 2.07 bits per heavy atom. The number of carbonyl (C=O) groups is 2. The fourth-order valence-corrected chi connectivity index (χ4v) is 3.26. The Morgan fingerprint density at radius 3 is 2.73 bits per heavy atom. The van der Waals surface area contributed by atoms with Crippen LogP contribution in [0.3, 0.4) is 0 Å². The van der Waals surface area contributed by atoms with Crippen LogP contribution in [0.15, 0.2) is 59.6 Å². The number of esters is 1. The Bertz CT molecular complexity index is 1080. The van der Waals surface area contributed by atoms with E-state index in [4.69, 9.17) is 14.5 Å². The van der Waals surface area contributed by atoms with E-state index in [0.717, 1.165) is 11.3 Å². The van der Waals surface area contributed by atoms with E-state index in [-0.39, 0.29) is 6.42 Å². The molecule has 30 heavy (non-hydrogen) atoms. The number of carbonyl (C=O) groups excluding carboxylic acids is 2. The first-order valence-corrected chi connectivity index (χ1v) is 9.24. The van der Waals surface area contributed by atoms with Crippen LogP contribution in [-0.2, 0) is 14.3 Å². The number of ether oxygens (including phenoxy) is 2. The highest BCUT2D eigenvalue weighted by Crippen LogP contribution is 2.34.